The first-order valence-electron chi connectivity index (χ1n) is 10.6. The highest BCUT2D eigenvalue weighted by Crippen LogP contribution is 2.31. The van der Waals surface area contributed by atoms with Gasteiger partial charge < -0.3 is 14.8 Å². The maximum Gasteiger partial charge on any atom is 0.234 e. The highest BCUT2D eigenvalue weighted by atomic mass is 16.5. The number of aryl methyl sites for hydroxylation is 2. The summed E-state index contributed by atoms with van der Waals surface area (Å²) in [6, 6.07) is 14.3. The van der Waals surface area contributed by atoms with Crippen LogP contribution < -0.4 is 14.8 Å². The van der Waals surface area contributed by atoms with Crippen LogP contribution in [-0.4, -0.2) is 43.2 Å². The summed E-state index contributed by atoms with van der Waals surface area (Å²) >= 11 is 0. The van der Waals surface area contributed by atoms with Crippen LogP contribution in [-0.2, 0) is 4.79 Å². The molecule has 2 aromatic carbocycles. The fourth-order valence-corrected chi connectivity index (χ4v) is 4.10. The first-order chi connectivity index (χ1) is 14.1. The summed E-state index contributed by atoms with van der Waals surface area (Å²) in [6.45, 7) is 7.07. The van der Waals surface area contributed by atoms with E-state index in [-0.39, 0.29) is 18.1 Å². The van der Waals surface area contributed by atoms with E-state index >= 15 is 0 Å². The molecular weight excluding hydrogens is 364 g/mol. The van der Waals surface area contributed by atoms with Crippen LogP contribution >= 0.6 is 0 Å². The lowest BCUT2D eigenvalue weighted by Gasteiger charge is -2.32. The smallest absolute Gasteiger partial charge is 0.234 e. The van der Waals surface area contributed by atoms with Crippen molar-refractivity contribution < 1.29 is 14.3 Å². The number of rotatable bonds is 5. The molecule has 1 saturated heterocycles. The Hall–Kier alpha value is -2.53. The highest BCUT2D eigenvalue weighted by Gasteiger charge is 2.25. The van der Waals surface area contributed by atoms with Crippen molar-refractivity contribution in [1.29, 1.82) is 0 Å². The first-order valence-corrected chi connectivity index (χ1v) is 10.6. The van der Waals surface area contributed by atoms with Crippen LogP contribution in [0.2, 0.25) is 0 Å². The summed E-state index contributed by atoms with van der Waals surface area (Å²) in [5, 5.41) is 3.19. The molecule has 5 heteroatoms. The Morgan fingerprint density at radius 3 is 2.69 bits per heavy atom. The van der Waals surface area contributed by atoms with Gasteiger partial charge in [0, 0.05) is 25.1 Å². The van der Waals surface area contributed by atoms with Gasteiger partial charge in [0.05, 0.1) is 19.2 Å². The van der Waals surface area contributed by atoms with E-state index in [1.54, 1.807) is 0 Å². The number of piperidine rings is 1. The summed E-state index contributed by atoms with van der Waals surface area (Å²) < 4.78 is 11.8. The SMILES string of the molecule is Cc1ccc(OC2CCN(CC(=O)NC3CCOc4ccccc43)CC2)cc1C. The van der Waals surface area contributed by atoms with Crippen LogP contribution in [0.3, 0.4) is 0 Å². The standard InChI is InChI=1S/C24H30N2O3/c1-17-7-8-20(15-18(17)2)29-19-9-12-26(13-10-19)16-24(27)25-22-11-14-28-23-6-4-3-5-21(22)23/h3-8,15,19,22H,9-14,16H2,1-2H3,(H,25,27). The minimum atomic E-state index is 0.0399. The van der Waals surface area contributed by atoms with Crippen LogP contribution in [0, 0.1) is 13.8 Å². The number of likely N-dealkylation sites (tertiary alicyclic amines) is 1. The summed E-state index contributed by atoms with van der Waals surface area (Å²) in [4.78, 5) is 14.8. The minimum Gasteiger partial charge on any atom is -0.493 e. The average molecular weight is 395 g/mol. The predicted octanol–water partition coefficient (Wildman–Crippen LogP) is 3.79. The third-order valence-electron chi connectivity index (χ3n) is 5.98. The van der Waals surface area contributed by atoms with Gasteiger partial charge in [0.1, 0.15) is 17.6 Å². The molecule has 0 radical (unpaired) electrons. The van der Waals surface area contributed by atoms with Crippen molar-refractivity contribution in [3.8, 4) is 11.5 Å². The van der Waals surface area contributed by atoms with E-state index in [2.05, 4.69) is 36.2 Å². The second kappa shape index (κ2) is 8.87. The Balaban J connectivity index is 1.24. The number of ether oxygens (including phenoxy) is 2. The number of hydrogen-bond acceptors (Lipinski definition) is 4. The molecule has 0 aromatic heterocycles. The molecule has 154 valence electrons. The van der Waals surface area contributed by atoms with E-state index in [0.717, 1.165) is 49.4 Å². The molecule has 1 unspecified atom stereocenters. The van der Waals surface area contributed by atoms with Gasteiger partial charge in [0.2, 0.25) is 5.91 Å². The van der Waals surface area contributed by atoms with Gasteiger partial charge in [-0.3, -0.25) is 9.69 Å². The Kier molecular flexibility index (Phi) is 6.05. The largest absolute Gasteiger partial charge is 0.493 e. The lowest BCUT2D eigenvalue weighted by Crippen LogP contribution is -2.44. The van der Waals surface area contributed by atoms with Gasteiger partial charge in [-0.05, 0) is 56.0 Å². The molecule has 1 N–H and O–H groups in total. The molecule has 5 nitrogen and oxygen atoms in total. The van der Waals surface area contributed by atoms with Crippen LogP contribution in [0.4, 0.5) is 0 Å². The first kappa shape index (κ1) is 19.8. The molecule has 0 spiro atoms. The molecule has 2 aliphatic rings. The zero-order chi connectivity index (χ0) is 20.2. The number of carbonyl (C=O) groups is 1. The second-order valence-electron chi connectivity index (χ2n) is 8.13. The fraction of sp³-hybridized carbons (Fsp3) is 0.458. The summed E-state index contributed by atoms with van der Waals surface area (Å²) in [5.74, 6) is 1.91. The van der Waals surface area contributed by atoms with Crippen molar-refractivity contribution >= 4 is 5.91 Å². The Bertz CT molecular complexity index is 859. The maximum absolute atomic E-state index is 12.6. The van der Waals surface area contributed by atoms with E-state index in [4.69, 9.17) is 9.47 Å². The molecule has 29 heavy (non-hydrogen) atoms. The lowest BCUT2D eigenvalue weighted by atomic mass is 10.0. The molecule has 2 aromatic rings. The van der Waals surface area contributed by atoms with Crippen molar-refractivity contribution in [1.82, 2.24) is 10.2 Å². The third kappa shape index (κ3) is 4.91. The average Bonchev–Trinajstić information content (AvgIpc) is 2.72. The van der Waals surface area contributed by atoms with Gasteiger partial charge in [0.25, 0.3) is 0 Å². The number of carbonyl (C=O) groups excluding carboxylic acids is 1. The van der Waals surface area contributed by atoms with Crippen LogP contribution in [0.5, 0.6) is 11.5 Å². The van der Waals surface area contributed by atoms with Crippen molar-refractivity contribution in [2.45, 2.75) is 45.3 Å². The maximum atomic E-state index is 12.6. The molecule has 0 saturated carbocycles. The molecule has 0 aliphatic carbocycles. The molecule has 1 fully saturated rings. The van der Waals surface area contributed by atoms with Crippen LogP contribution in [0.15, 0.2) is 42.5 Å². The topological polar surface area (TPSA) is 50.8 Å². The van der Waals surface area contributed by atoms with Gasteiger partial charge in [-0.1, -0.05) is 24.3 Å². The molecule has 1 amide bonds. The second-order valence-corrected chi connectivity index (χ2v) is 8.13. The Morgan fingerprint density at radius 2 is 1.90 bits per heavy atom. The third-order valence-corrected chi connectivity index (χ3v) is 5.98. The summed E-state index contributed by atoms with van der Waals surface area (Å²) in [7, 11) is 0. The summed E-state index contributed by atoms with van der Waals surface area (Å²) in [5.41, 5.74) is 3.62. The molecular formula is C24H30N2O3. The molecule has 2 aliphatic heterocycles. The van der Waals surface area contributed by atoms with Crippen molar-refractivity contribution in [3.05, 3.63) is 59.2 Å². The highest BCUT2D eigenvalue weighted by molar-refractivity contribution is 5.78. The van der Waals surface area contributed by atoms with Crippen molar-refractivity contribution in [2.75, 3.05) is 26.2 Å². The molecule has 0 bridgehead atoms. The number of amides is 1. The van der Waals surface area contributed by atoms with E-state index in [1.807, 2.05) is 30.3 Å². The number of nitrogens with one attached hydrogen (secondary N) is 1. The van der Waals surface area contributed by atoms with Gasteiger partial charge in [-0.25, -0.2) is 0 Å². The zero-order valence-corrected chi connectivity index (χ0v) is 17.3. The van der Waals surface area contributed by atoms with Crippen LogP contribution in [0.25, 0.3) is 0 Å². The number of fused-ring (bicyclic) bond motifs is 1. The Labute approximate surface area is 173 Å². The lowest BCUT2D eigenvalue weighted by molar-refractivity contribution is -0.123. The monoisotopic (exact) mass is 394 g/mol. The number of para-hydroxylation sites is 1. The van der Waals surface area contributed by atoms with Gasteiger partial charge in [0.15, 0.2) is 0 Å². The number of hydrogen-bond donors (Lipinski definition) is 1. The number of benzene rings is 2. The van der Waals surface area contributed by atoms with Gasteiger partial charge in [-0.15, -0.1) is 0 Å². The normalized spacial score (nSPS) is 19.9. The molecule has 1 atom stereocenters. The summed E-state index contributed by atoms with van der Waals surface area (Å²) in [6.07, 6.45) is 2.92. The van der Waals surface area contributed by atoms with E-state index in [9.17, 15) is 4.79 Å². The predicted molar refractivity (Wildman–Crippen MR) is 113 cm³/mol. The number of nitrogens with zero attached hydrogens (tertiary/aromatic N) is 1. The van der Waals surface area contributed by atoms with Crippen LogP contribution in [0.1, 0.15) is 42.0 Å². The quantitative estimate of drug-likeness (QED) is 0.838. The fourth-order valence-electron chi connectivity index (χ4n) is 4.10. The van der Waals surface area contributed by atoms with Crippen molar-refractivity contribution in [2.24, 2.45) is 0 Å². The molecule has 4 rings (SSSR count). The van der Waals surface area contributed by atoms with Gasteiger partial charge >= 0.3 is 0 Å². The minimum absolute atomic E-state index is 0.0399. The van der Waals surface area contributed by atoms with E-state index in [1.165, 1.54) is 11.1 Å². The van der Waals surface area contributed by atoms with E-state index in [0.29, 0.717) is 13.2 Å². The molecule has 2 heterocycles. The Morgan fingerprint density at radius 1 is 1.10 bits per heavy atom. The van der Waals surface area contributed by atoms with Crippen molar-refractivity contribution in [3.63, 3.8) is 0 Å². The zero-order valence-electron chi connectivity index (χ0n) is 17.3. The van der Waals surface area contributed by atoms with Gasteiger partial charge in [-0.2, -0.15) is 0 Å². The van der Waals surface area contributed by atoms with E-state index < -0.39 is 0 Å².